The number of benzene rings is 1. The van der Waals surface area contributed by atoms with E-state index in [4.69, 9.17) is 4.74 Å². The monoisotopic (exact) mass is 395 g/mol. The van der Waals surface area contributed by atoms with Gasteiger partial charge in [0.1, 0.15) is 27.7 Å². The largest absolute Gasteiger partial charge is 0.591 e. The molecule has 0 bridgehead atoms. The minimum Gasteiger partial charge on any atom is -0.591 e. The molecule has 3 nitrogen and oxygen atoms in total. The SMILES string of the molecule is CCCCCCOc1ccc(C(=N[S+]([O-])C(C)(C)C)C(F)(F)F)c(F)c1. The van der Waals surface area contributed by atoms with Crippen LogP contribution in [0.1, 0.15) is 58.9 Å². The topological polar surface area (TPSA) is 44.6 Å². The molecule has 0 N–H and O–H groups in total. The fourth-order valence-electron chi connectivity index (χ4n) is 1.97. The smallest absolute Gasteiger partial charge is 0.438 e. The minimum absolute atomic E-state index is 0.154. The minimum atomic E-state index is -4.93. The first-order chi connectivity index (χ1) is 12.0. The van der Waals surface area contributed by atoms with Gasteiger partial charge in [-0.15, -0.1) is 0 Å². The van der Waals surface area contributed by atoms with Gasteiger partial charge in [-0.3, -0.25) is 0 Å². The lowest BCUT2D eigenvalue weighted by Gasteiger charge is -2.20. The maximum atomic E-state index is 14.2. The molecule has 0 amide bonds. The third-order valence-electron chi connectivity index (χ3n) is 3.43. The molecular weight excluding hydrogens is 370 g/mol. The molecule has 0 aliphatic carbocycles. The highest BCUT2D eigenvalue weighted by Gasteiger charge is 2.42. The highest BCUT2D eigenvalue weighted by Crippen LogP contribution is 2.29. The van der Waals surface area contributed by atoms with Crippen LogP contribution in [0.4, 0.5) is 17.6 Å². The Labute approximate surface area is 155 Å². The van der Waals surface area contributed by atoms with Crippen LogP contribution in [-0.2, 0) is 11.4 Å². The van der Waals surface area contributed by atoms with Crippen LogP contribution in [0.3, 0.4) is 0 Å². The standard InChI is InChI=1S/C18H25F4NO2S/c1-5-6-7-8-11-25-13-9-10-14(15(19)12-13)16(18(20,21)22)23-26(24)17(2,3)4/h9-10,12H,5-8,11H2,1-4H3. The summed E-state index contributed by atoms with van der Waals surface area (Å²) in [6.07, 6.45) is -1.03. The van der Waals surface area contributed by atoms with Crippen LogP contribution >= 0.6 is 0 Å². The third-order valence-corrected chi connectivity index (χ3v) is 4.82. The summed E-state index contributed by atoms with van der Waals surface area (Å²) in [5, 5.41) is 0. The van der Waals surface area contributed by atoms with E-state index in [1.165, 1.54) is 26.8 Å². The summed E-state index contributed by atoms with van der Waals surface area (Å²) in [7, 11) is 0. The van der Waals surface area contributed by atoms with Gasteiger partial charge in [-0.25, -0.2) is 4.39 Å². The van der Waals surface area contributed by atoms with Gasteiger partial charge in [-0.05, 0) is 39.3 Å². The van der Waals surface area contributed by atoms with Crippen molar-refractivity contribution in [2.75, 3.05) is 6.61 Å². The average molecular weight is 395 g/mol. The fraction of sp³-hybridized carbons (Fsp3) is 0.611. The number of alkyl halides is 3. The second kappa shape index (κ2) is 9.60. The predicted octanol–water partition coefficient (Wildman–Crippen LogP) is 5.60. The first kappa shape index (κ1) is 22.8. The van der Waals surface area contributed by atoms with Gasteiger partial charge in [0.25, 0.3) is 0 Å². The van der Waals surface area contributed by atoms with E-state index in [1.807, 2.05) is 0 Å². The summed E-state index contributed by atoms with van der Waals surface area (Å²) in [6.45, 7) is 6.92. The first-order valence-electron chi connectivity index (χ1n) is 8.47. The molecule has 0 heterocycles. The molecule has 0 radical (unpaired) electrons. The molecule has 0 aromatic heterocycles. The molecule has 0 aliphatic rings. The second-order valence-corrected chi connectivity index (χ2v) is 8.76. The van der Waals surface area contributed by atoms with Gasteiger partial charge < -0.3 is 9.29 Å². The van der Waals surface area contributed by atoms with Gasteiger partial charge in [0.15, 0.2) is 0 Å². The van der Waals surface area contributed by atoms with E-state index < -0.39 is 39.4 Å². The Morgan fingerprint density at radius 3 is 2.31 bits per heavy atom. The summed E-state index contributed by atoms with van der Waals surface area (Å²) < 4.78 is 73.7. The van der Waals surface area contributed by atoms with Crippen molar-refractivity contribution < 1.29 is 26.9 Å². The zero-order chi connectivity index (χ0) is 20.0. The fourth-order valence-corrected chi connectivity index (χ4v) is 2.61. The molecule has 1 rings (SSSR count). The van der Waals surface area contributed by atoms with E-state index in [9.17, 15) is 22.1 Å². The van der Waals surface area contributed by atoms with Crippen LogP contribution in [-0.4, -0.2) is 27.8 Å². The van der Waals surface area contributed by atoms with Gasteiger partial charge in [0.05, 0.1) is 6.61 Å². The van der Waals surface area contributed by atoms with Crippen molar-refractivity contribution in [3.8, 4) is 5.75 Å². The number of hydrogen-bond donors (Lipinski definition) is 0. The normalized spacial score (nSPS) is 14.4. The Hall–Kier alpha value is -1.28. The van der Waals surface area contributed by atoms with Gasteiger partial charge in [-0.2, -0.15) is 13.2 Å². The number of nitrogens with zero attached hydrogens (tertiary/aromatic N) is 1. The van der Waals surface area contributed by atoms with E-state index in [-0.39, 0.29) is 5.75 Å². The van der Waals surface area contributed by atoms with Gasteiger partial charge in [0, 0.05) is 11.6 Å². The predicted molar refractivity (Wildman–Crippen MR) is 96.5 cm³/mol. The molecule has 1 aromatic rings. The summed E-state index contributed by atoms with van der Waals surface area (Å²) in [4.78, 5) is 0. The Morgan fingerprint density at radius 1 is 1.15 bits per heavy atom. The van der Waals surface area contributed by atoms with Crippen LogP contribution in [0.2, 0.25) is 0 Å². The van der Waals surface area contributed by atoms with Crippen molar-refractivity contribution in [2.24, 2.45) is 4.40 Å². The van der Waals surface area contributed by atoms with Crippen molar-refractivity contribution in [1.29, 1.82) is 0 Å². The van der Waals surface area contributed by atoms with Crippen molar-refractivity contribution in [3.63, 3.8) is 0 Å². The molecule has 26 heavy (non-hydrogen) atoms. The lowest BCUT2D eigenvalue weighted by molar-refractivity contribution is -0.0580. The van der Waals surface area contributed by atoms with Crippen LogP contribution < -0.4 is 4.74 Å². The molecule has 8 heteroatoms. The number of halogens is 4. The first-order valence-corrected chi connectivity index (χ1v) is 9.58. The van der Waals surface area contributed by atoms with Crippen molar-refractivity contribution in [2.45, 2.75) is 64.3 Å². The maximum absolute atomic E-state index is 14.2. The molecule has 0 saturated heterocycles. The third kappa shape index (κ3) is 7.15. The van der Waals surface area contributed by atoms with E-state index in [1.54, 1.807) is 0 Å². The van der Waals surface area contributed by atoms with Gasteiger partial charge in [-0.1, -0.05) is 30.6 Å². The Kier molecular flexibility index (Phi) is 8.40. The van der Waals surface area contributed by atoms with E-state index in [2.05, 4.69) is 11.3 Å². The Bertz CT molecular complexity index is 612. The van der Waals surface area contributed by atoms with E-state index >= 15 is 0 Å². The van der Waals surface area contributed by atoms with Crippen LogP contribution in [0.25, 0.3) is 0 Å². The zero-order valence-corrected chi connectivity index (χ0v) is 16.3. The lowest BCUT2D eigenvalue weighted by atomic mass is 10.1. The highest BCUT2D eigenvalue weighted by atomic mass is 32.2. The molecule has 1 unspecified atom stereocenters. The van der Waals surface area contributed by atoms with Gasteiger partial charge >= 0.3 is 6.18 Å². The van der Waals surface area contributed by atoms with Crippen molar-refractivity contribution >= 4 is 17.1 Å². The van der Waals surface area contributed by atoms with Crippen molar-refractivity contribution in [3.05, 3.63) is 29.6 Å². The highest BCUT2D eigenvalue weighted by molar-refractivity contribution is 7.91. The second-order valence-electron chi connectivity index (χ2n) is 6.85. The summed E-state index contributed by atoms with van der Waals surface area (Å²) in [6, 6.07) is 3.12. The van der Waals surface area contributed by atoms with E-state index in [0.29, 0.717) is 6.61 Å². The summed E-state index contributed by atoms with van der Waals surface area (Å²) in [5.41, 5.74) is -2.23. The molecule has 0 aliphatic heterocycles. The molecular formula is C18H25F4NO2S. The Morgan fingerprint density at radius 2 is 1.81 bits per heavy atom. The number of rotatable bonds is 8. The molecule has 0 saturated carbocycles. The van der Waals surface area contributed by atoms with Crippen LogP contribution in [0, 0.1) is 5.82 Å². The molecule has 0 spiro atoms. The van der Waals surface area contributed by atoms with Gasteiger partial charge in [0.2, 0.25) is 5.71 Å². The quantitative estimate of drug-likeness (QED) is 0.249. The molecule has 1 aromatic carbocycles. The van der Waals surface area contributed by atoms with Crippen LogP contribution in [0.5, 0.6) is 5.75 Å². The number of hydrogen-bond acceptors (Lipinski definition) is 3. The van der Waals surface area contributed by atoms with Crippen LogP contribution in [0.15, 0.2) is 22.6 Å². The van der Waals surface area contributed by atoms with Crippen molar-refractivity contribution in [1.82, 2.24) is 0 Å². The molecule has 148 valence electrons. The zero-order valence-electron chi connectivity index (χ0n) is 15.5. The molecule has 0 fully saturated rings. The summed E-state index contributed by atoms with van der Waals surface area (Å²) >= 11 is -2.17. The maximum Gasteiger partial charge on any atom is 0.438 e. The molecule has 1 atom stereocenters. The van der Waals surface area contributed by atoms with E-state index in [0.717, 1.165) is 37.8 Å². The Balaban J connectivity index is 3.01. The number of ether oxygens (including phenoxy) is 1. The lowest BCUT2D eigenvalue weighted by Crippen LogP contribution is -2.32. The summed E-state index contributed by atoms with van der Waals surface area (Å²) in [5.74, 6) is -0.959. The average Bonchev–Trinajstić information content (AvgIpc) is 2.51. The number of unbranched alkanes of at least 4 members (excludes halogenated alkanes) is 3.